The van der Waals surface area contributed by atoms with Gasteiger partial charge in [0.2, 0.25) is 5.95 Å². The first-order valence-electron chi connectivity index (χ1n) is 7.32. The SMILES string of the molecule is CNc1nc(-c2ccccc2)c(C#N)c(-c2cccc(C#N)c2)n1. The molecule has 0 atom stereocenters. The maximum Gasteiger partial charge on any atom is 0.223 e. The van der Waals surface area contributed by atoms with Crippen LogP contribution in [-0.4, -0.2) is 17.0 Å². The van der Waals surface area contributed by atoms with E-state index in [4.69, 9.17) is 5.26 Å². The molecule has 0 bridgehead atoms. The van der Waals surface area contributed by atoms with E-state index in [1.165, 1.54) is 0 Å². The topological polar surface area (TPSA) is 85.4 Å². The Morgan fingerprint density at radius 3 is 2.12 bits per heavy atom. The fourth-order valence-electron chi connectivity index (χ4n) is 2.43. The van der Waals surface area contributed by atoms with Crippen molar-refractivity contribution in [3.05, 3.63) is 65.7 Å². The molecule has 3 rings (SSSR count). The number of hydrogen-bond acceptors (Lipinski definition) is 5. The molecule has 1 heterocycles. The van der Waals surface area contributed by atoms with Gasteiger partial charge in [-0.2, -0.15) is 10.5 Å². The van der Waals surface area contributed by atoms with Gasteiger partial charge < -0.3 is 5.32 Å². The van der Waals surface area contributed by atoms with Crippen molar-refractivity contribution in [2.45, 2.75) is 0 Å². The number of rotatable bonds is 3. The maximum atomic E-state index is 9.70. The first-order valence-corrected chi connectivity index (χ1v) is 7.32. The van der Waals surface area contributed by atoms with Gasteiger partial charge in [-0.3, -0.25) is 0 Å². The summed E-state index contributed by atoms with van der Waals surface area (Å²) in [6, 6.07) is 20.9. The number of nitriles is 2. The molecule has 0 unspecified atom stereocenters. The van der Waals surface area contributed by atoms with E-state index >= 15 is 0 Å². The quantitative estimate of drug-likeness (QED) is 0.798. The summed E-state index contributed by atoms with van der Waals surface area (Å²) in [5.41, 5.74) is 3.52. The Labute approximate surface area is 139 Å². The standard InChI is InChI=1S/C19H13N5/c1-22-19-23-17(14-7-3-2-4-8-14)16(12-21)18(24-19)15-9-5-6-13(10-15)11-20/h2-10H,1H3,(H,22,23,24). The Morgan fingerprint density at radius 2 is 1.50 bits per heavy atom. The highest BCUT2D eigenvalue weighted by atomic mass is 15.1. The van der Waals surface area contributed by atoms with Crippen LogP contribution in [0.1, 0.15) is 11.1 Å². The zero-order valence-corrected chi connectivity index (χ0v) is 13.0. The van der Waals surface area contributed by atoms with E-state index in [0.29, 0.717) is 34.0 Å². The molecule has 0 aliphatic heterocycles. The molecule has 0 aliphatic carbocycles. The van der Waals surface area contributed by atoms with Gasteiger partial charge in [-0.25, -0.2) is 9.97 Å². The Balaban J connectivity index is 2.30. The minimum Gasteiger partial charge on any atom is -0.357 e. The molecule has 0 fully saturated rings. The lowest BCUT2D eigenvalue weighted by Gasteiger charge is -2.11. The molecule has 24 heavy (non-hydrogen) atoms. The van der Waals surface area contributed by atoms with Gasteiger partial charge in [0, 0.05) is 18.2 Å². The van der Waals surface area contributed by atoms with E-state index in [9.17, 15) is 5.26 Å². The van der Waals surface area contributed by atoms with Gasteiger partial charge in [0.15, 0.2) is 0 Å². The Morgan fingerprint density at radius 1 is 0.833 bits per heavy atom. The fourth-order valence-corrected chi connectivity index (χ4v) is 2.43. The smallest absolute Gasteiger partial charge is 0.223 e. The van der Waals surface area contributed by atoms with Crippen LogP contribution in [0.4, 0.5) is 5.95 Å². The lowest BCUT2D eigenvalue weighted by molar-refractivity contribution is 1.15. The number of nitrogens with one attached hydrogen (secondary N) is 1. The normalized spacial score (nSPS) is 9.79. The van der Waals surface area contributed by atoms with Crippen LogP contribution in [0.2, 0.25) is 0 Å². The summed E-state index contributed by atoms with van der Waals surface area (Å²) in [5.74, 6) is 0.421. The van der Waals surface area contributed by atoms with Gasteiger partial charge in [-0.15, -0.1) is 0 Å². The molecular formula is C19H13N5. The summed E-state index contributed by atoms with van der Waals surface area (Å²) in [6.07, 6.45) is 0. The maximum absolute atomic E-state index is 9.70. The first-order chi connectivity index (χ1) is 11.8. The van der Waals surface area contributed by atoms with Crippen molar-refractivity contribution in [3.63, 3.8) is 0 Å². The van der Waals surface area contributed by atoms with Crippen molar-refractivity contribution < 1.29 is 0 Å². The third-order valence-electron chi connectivity index (χ3n) is 3.56. The molecule has 2 aromatic carbocycles. The van der Waals surface area contributed by atoms with E-state index in [1.54, 1.807) is 25.2 Å². The average Bonchev–Trinajstić information content (AvgIpc) is 2.67. The summed E-state index contributed by atoms with van der Waals surface area (Å²) in [6.45, 7) is 0. The van der Waals surface area contributed by atoms with Crippen LogP contribution < -0.4 is 5.32 Å². The minimum atomic E-state index is 0.385. The third kappa shape index (κ3) is 2.79. The van der Waals surface area contributed by atoms with Gasteiger partial charge in [0.1, 0.15) is 11.6 Å². The predicted octanol–water partition coefficient (Wildman–Crippen LogP) is 3.60. The molecule has 5 heteroatoms. The van der Waals surface area contributed by atoms with Crippen LogP contribution in [0.25, 0.3) is 22.5 Å². The van der Waals surface area contributed by atoms with E-state index in [0.717, 1.165) is 5.56 Å². The van der Waals surface area contributed by atoms with Crippen molar-refractivity contribution in [3.8, 4) is 34.7 Å². The van der Waals surface area contributed by atoms with E-state index < -0.39 is 0 Å². The molecule has 1 aromatic heterocycles. The summed E-state index contributed by atoms with van der Waals surface area (Å²) in [4.78, 5) is 8.89. The molecule has 0 spiro atoms. The van der Waals surface area contributed by atoms with Gasteiger partial charge >= 0.3 is 0 Å². The number of anilines is 1. The molecule has 3 aromatic rings. The Hall–Kier alpha value is -3.70. The van der Waals surface area contributed by atoms with Gasteiger partial charge in [0.05, 0.1) is 23.0 Å². The second-order valence-corrected chi connectivity index (χ2v) is 5.04. The first kappa shape index (κ1) is 15.2. The molecule has 0 aliphatic rings. The highest BCUT2D eigenvalue weighted by Gasteiger charge is 2.17. The highest BCUT2D eigenvalue weighted by molar-refractivity contribution is 5.78. The predicted molar refractivity (Wildman–Crippen MR) is 91.9 cm³/mol. The molecule has 1 N–H and O–H groups in total. The van der Waals surface area contributed by atoms with Crippen molar-refractivity contribution in [2.24, 2.45) is 0 Å². The van der Waals surface area contributed by atoms with Gasteiger partial charge in [0.25, 0.3) is 0 Å². The van der Waals surface area contributed by atoms with E-state index in [2.05, 4.69) is 27.4 Å². The van der Waals surface area contributed by atoms with E-state index in [1.807, 2.05) is 36.4 Å². The molecule has 114 valence electrons. The zero-order chi connectivity index (χ0) is 16.9. The summed E-state index contributed by atoms with van der Waals surface area (Å²) in [7, 11) is 1.73. The Kier molecular flexibility index (Phi) is 4.18. The zero-order valence-electron chi connectivity index (χ0n) is 13.0. The second-order valence-electron chi connectivity index (χ2n) is 5.04. The largest absolute Gasteiger partial charge is 0.357 e. The van der Waals surface area contributed by atoms with Crippen molar-refractivity contribution in [1.82, 2.24) is 9.97 Å². The van der Waals surface area contributed by atoms with Gasteiger partial charge in [-0.1, -0.05) is 42.5 Å². The van der Waals surface area contributed by atoms with Crippen LogP contribution in [-0.2, 0) is 0 Å². The third-order valence-corrected chi connectivity index (χ3v) is 3.56. The van der Waals surface area contributed by atoms with E-state index in [-0.39, 0.29) is 0 Å². The number of nitrogens with zero attached hydrogens (tertiary/aromatic N) is 4. The molecule has 0 amide bonds. The molecule has 0 radical (unpaired) electrons. The lowest BCUT2D eigenvalue weighted by atomic mass is 10.00. The monoisotopic (exact) mass is 311 g/mol. The Bertz CT molecular complexity index is 965. The highest BCUT2D eigenvalue weighted by Crippen LogP contribution is 2.30. The molecule has 0 saturated heterocycles. The number of hydrogen-bond donors (Lipinski definition) is 1. The van der Waals surface area contributed by atoms with Gasteiger partial charge in [-0.05, 0) is 12.1 Å². The van der Waals surface area contributed by atoms with Crippen LogP contribution in [0.5, 0.6) is 0 Å². The summed E-state index contributed by atoms with van der Waals surface area (Å²) in [5, 5.41) is 21.7. The molecule has 0 saturated carbocycles. The molecular weight excluding hydrogens is 298 g/mol. The summed E-state index contributed by atoms with van der Waals surface area (Å²) < 4.78 is 0. The lowest BCUT2D eigenvalue weighted by Crippen LogP contribution is -2.03. The minimum absolute atomic E-state index is 0.385. The number of benzene rings is 2. The van der Waals surface area contributed by atoms with Crippen LogP contribution in [0.15, 0.2) is 54.6 Å². The van der Waals surface area contributed by atoms with Crippen molar-refractivity contribution in [1.29, 1.82) is 10.5 Å². The van der Waals surface area contributed by atoms with Crippen molar-refractivity contribution in [2.75, 3.05) is 12.4 Å². The molecule has 5 nitrogen and oxygen atoms in total. The van der Waals surface area contributed by atoms with Crippen LogP contribution in [0.3, 0.4) is 0 Å². The fraction of sp³-hybridized carbons (Fsp3) is 0.0526. The van der Waals surface area contributed by atoms with Crippen LogP contribution in [0, 0.1) is 22.7 Å². The van der Waals surface area contributed by atoms with Crippen molar-refractivity contribution >= 4 is 5.95 Å². The second kappa shape index (κ2) is 6.60. The summed E-state index contributed by atoms with van der Waals surface area (Å²) >= 11 is 0. The number of aromatic nitrogens is 2. The average molecular weight is 311 g/mol. The van der Waals surface area contributed by atoms with Crippen LogP contribution >= 0.6 is 0 Å².